The van der Waals surface area contributed by atoms with Crippen molar-refractivity contribution in [3.63, 3.8) is 0 Å². The van der Waals surface area contributed by atoms with Gasteiger partial charge in [-0.15, -0.1) is 0 Å². The fourth-order valence-electron chi connectivity index (χ4n) is 3.02. The molecule has 18 heavy (non-hydrogen) atoms. The second-order valence-electron chi connectivity index (χ2n) is 5.99. The Labute approximate surface area is 108 Å². The van der Waals surface area contributed by atoms with Gasteiger partial charge >= 0.3 is 0 Å². The summed E-state index contributed by atoms with van der Waals surface area (Å²) in [7, 11) is 0. The van der Waals surface area contributed by atoms with Gasteiger partial charge in [-0.3, -0.25) is 9.78 Å². The minimum atomic E-state index is -0.499. The zero-order valence-electron chi connectivity index (χ0n) is 11.6. The third-order valence-electron chi connectivity index (χ3n) is 3.88. The van der Waals surface area contributed by atoms with Crippen LogP contribution in [-0.4, -0.2) is 16.4 Å². The first kappa shape index (κ1) is 13.2. The average Bonchev–Trinajstić information content (AvgIpc) is 2.25. The molecular formula is C15H21NO2. The molecule has 0 aliphatic heterocycles. The van der Waals surface area contributed by atoms with Crippen molar-refractivity contribution in [1.29, 1.82) is 0 Å². The zero-order valence-corrected chi connectivity index (χ0v) is 11.6. The summed E-state index contributed by atoms with van der Waals surface area (Å²) in [6, 6.07) is 0. The third-order valence-corrected chi connectivity index (χ3v) is 3.88. The molecule has 0 fully saturated rings. The van der Waals surface area contributed by atoms with E-state index >= 15 is 0 Å². The van der Waals surface area contributed by atoms with Crippen molar-refractivity contribution in [2.24, 2.45) is 5.41 Å². The average molecular weight is 247 g/mol. The third kappa shape index (κ3) is 2.07. The Kier molecular flexibility index (Phi) is 3.28. The molecule has 1 atom stereocenters. The van der Waals surface area contributed by atoms with Crippen LogP contribution < -0.4 is 0 Å². The van der Waals surface area contributed by atoms with E-state index in [9.17, 15) is 9.90 Å². The Morgan fingerprint density at radius 1 is 1.50 bits per heavy atom. The molecule has 1 aliphatic rings. The monoisotopic (exact) mass is 247 g/mol. The molecule has 1 N–H and O–H groups in total. The first-order valence-corrected chi connectivity index (χ1v) is 6.55. The maximum absolute atomic E-state index is 11.2. The van der Waals surface area contributed by atoms with Gasteiger partial charge in [-0.2, -0.15) is 0 Å². The quantitative estimate of drug-likeness (QED) is 0.817. The van der Waals surface area contributed by atoms with Crippen molar-refractivity contribution in [3.8, 4) is 0 Å². The van der Waals surface area contributed by atoms with E-state index in [2.05, 4.69) is 18.8 Å². The molecule has 1 heterocycles. The van der Waals surface area contributed by atoms with Gasteiger partial charge in [0.25, 0.3) is 0 Å². The van der Waals surface area contributed by atoms with Gasteiger partial charge < -0.3 is 5.11 Å². The van der Waals surface area contributed by atoms with E-state index < -0.39 is 6.10 Å². The summed E-state index contributed by atoms with van der Waals surface area (Å²) in [6.45, 7) is 8.22. The minimum absolute atomic E-state index is 0.0690. The van der Waals surface area contributed by atoms with Crippen molar-refractivity contribution >= 4 is 6.29 Å². The van der Waals surface area contributed by atoms with Crippen LogP contribution in [0.4, 0.5) is 0 Å². The number of aryl methyl sites for hydroxylation is 1. The van der Waals surface area contributed by atoms with Gasteiger partial charge in [0.05, 0.1) is 11.8 Å². The fourth-order valence-corrected chi connectivity index (χ4v) is 3.02. The summed E-state index contributed by atoms with van der Waals surface area (Å²) in [4.78, 5) is 15.8. The molecule has 1 unspecified atom stereocenters. The second-order valence-corrected chi connectivity index (χ2v) is 5.99. The summed E-state index contributed by atoms with van der Waals surface area (Å²) >= 11 is 0. The number of aromatic nitrogens is 1. The van der Waals surface area contributed by atoms with E-state index in [0.29, 0.717) is 5.56 Å². The van der Waals surface area contributed by atoms with Crippen LogP contribution in [0.2, 0.25) is 0 Å². The highest BCUT2D eigenvalue weighted by molar-refractivity contribution is 5.79. The van der Waals surface area contributed by atoms with Crippen LogP contribution in [0.5, 0.6) is 0 Å². The lowest BCUT2D eigenvalue weighted by Gasteiger charge is -2.35. The maximum Gasteiger partial charge on any atom is 0.152 e. The van der Waals surface area contributed by atoms with Gasteiger partial charge in [-0.1, -0.05) is 20.8 Å². The molecule has 1 aromatic rings. The Hall–Kier alpha value is -1.22. The summed E-state index contributed by atoms with van der Waals surface area (Å²) in [5.41, 5.74) is 4.35. The molecule has 98 valence electrons. The van der Waals surface area contributed by atoms with Crippen LogP contribution in [-0.2, 0) is 12.8 Å². The number of hydrogen-bond donors (Lipinski definition) is 1. The highest BCUT2D eigenvalue weighted by Gasteiger charge is 2.34. The topological polar surface area (TPSA) is 50.2 Å². The van der Waals surface area contributed by atoms with Crippen LogP contribution in [0.25, 0.3) is 0 Å². The first-order chi connectivity index (χ1) is 8.39. The smallest absolute Gasteiger partial charge is 0.152 e. The second kappa shape index (κ2) is 4.47. The van der Waals surface area contributed by atoms with Crippen LogP contribution >= 0.6 is 0 Å². The summed E-state index contributed by atoms with van der Waals surface area (Å²) < 4.78 is 0. The Balaban J connectivity index is 2.65. The summed E-state index contributed by atoms with van der Waals surface area (Å²) in [6.07, 6.45) is 2.71. The molecule has 0 bridgehead atoms. The first-order valence-electron chi connectivity index (χ1n) is 6.55. The van der Waals surface area contributed by atoms with Crippen molar-refractivity contribution < 1.29 is 9.90 Å². The van der Waals surface area contributed by atoms with Crippen molar-refractivity contribution in [2.45, 2.75) is 53.1 Å². The number of aliphatic hydroxyl groups excluding tert-OH is 1. The van der Waals surface area contributed by atoms with E-state index in [1.807, 2.05) is 13.8 Å². The summed E-state index contributed by atoms with van der Waals surface area (Å²) in [5, 5.41) is 10.3. The molecule has 1 aromatic heterocycles. The van der Waals surface area contributed by atoms with Crippen LogP contribution in [0.3, 0.4) is 0 Å². The highest BCUT2D eigenvalue weighted by atomic mass is 16.3. The largest absolute Gasteiger partial charge is 0.388 e. The molecule has 0 radical (unpaired) electrons. The van der Waals surface area contributed by atoms with E-state index in [1.165, 1.54) is 0 Å². The van der Waals surface area contributed by atoms with Crippen molar-refractivity contribution in [2.75, 3.05) is 0 Å². The number of carbonyl (C=O) groups excluding carboxylic acids is 1. The van der Waals surface area contributed by atoms with Gasteiger partial charge in [0.1, 0.15) is 0 Å². The molecule has 0 spiro atoms. The minimum Gasteiger partial charge on any atom is -0.388 e. The molecule has 2 rings (SSSR count). The Bertz CT molecular complexity index is 492. The molecule has 3 heteroatoms. The standard InChI is InChI=1S/C15H21NO2/c1-5-11-10(8-17)9(2)14-12(16-11)6-15(3,4)7-13(14)18/h8,13,18H,5-7H2,1-4H3. The number of rotatable bonds is 2. The molecule has 0 aromatic carbocycles. The van der Waals surface area contributed by atoms with E-state index in [1.54, 1.807) is 0 Å². The number of hydrogen-bond acceptors (Lipinski definition) is 3. The van der Waals surface area contributed by atoms with Gasteiger partial charge in [-0.25, -0.2) is 0 Å². The normalized spacial score (nSPS) is 21.5. The highest BCUT2D eigenvalue weighted by Crippen LogP contribution is 2.42. The molecule has 0 saturated heterocycles. The van der Waals surface area contributed by atoms with E-state index in [4.69, 9.17) is 0 Å². The molecule has 0 saturated carbocycles. The zero-order chi connectivity index (χ0) is 13.5. The van der Waals surface area contributed by atoms with E-state index in [-0.39, 0.29) is 5.41 Å². The maximum atomic E-state index is 11.2. The molecular weight excluding hydrogens is 226 g/mol. The SMILES string of the molecule is CCc1nc2c(c(C)c1C=O)C(O)CC(C)(C)C2. The van der Waals surface area contributed by atoms with Gasteiger partial charge in [0.2, 0.25) is 0 Å². The lowest BCUT2D eigenvalue weighted by atomic mass is 9.73. The van der Waals surface area contributed by atoms with Gasteiger partial charge in [0, 0.05) is 16.8 Å². The van der Waals surface area contributed by atoms with Crippen molar-refractivity contribution in [3.05, 3.63) is 28.1 Å². The number of aliphatic hydroxyl groups is 1. The Morgan fingerprint density at radius 3 is 2.72 bits per heavy atom. The van der Waals surface area contributed by atoms with Crippen LogP contribution in [0.1, 0.15) is 66.2 Å². The lowest BCUT2D eigenvalue weighted by molar-refractivity contribution is 0.0972. The number of nitrogens with zero attached hydrogens (tertiary/aromatic N) is 1. The van der Waals surface area contributed by atoms with Crippen LogP contribution in [0.15, 0.2) is 0 Å². The Morgan fingerprint density at radius 2 is 2.17 bits per heavy atom. The molecule has 0 amide bonds. The van der Waals surface area contributed by atoms with Crippen molar-refractivity contribution in [1.82, 2.24) is 4.98 Å². The number of carbonyl (C=O) groups is 1. The lowest BCUT2D eigenvalue weighted by Crippen LogP contribution is -2.28. The summed E-state index contributed by atoms with van der Waals surface area (Å²) in [5.74, 6) is 0. The van der Waals surface area contributed by atoms with Crippen LogP contribution in [0, 0.1) is 12.3 Å². The predicted molar refractivity (Wildman–Crippen MR) is 70.8 cm³/mol. The van der Waals surface area contributed by atoms with E-state index in [0.717, 1.165) is 48.1 Å². The molecule has 3 nitrogen and oxygen atoms in total. The number of fused-ring (bicyclic) bond motifs is 1. The number of pyridine rings is 1. The predicted octanol–water partition coefficient (Wildman–Crippen LogP) is 2.77. The van der Waals surface area contributed by atoms with Gasteiger partial charge in [0.15, 0.2) is 6.29 Å². The molecule has 1 aliphatic carbocycles. The van der Waals surface area contributed by atoms with Gasteiger partial charge in [-0.05, 0) is 37.2 Å². The fraction of sp³-hybridized carbons (Fsp3) is 0.600. The number of aldehydes is 1.